The molecule has 32 heavy (non-hydrogen) atoms. The first kappa shape index (κ1) is 22.3. The number of rotatable bonds is 4. The Bertz CT molecular complexity index is 1140. The van der Waals surface area contributed by atoms with E-state index in [2.05, 4.69) is 4.72 Å². The molecule has 0 radical (unpaired) electrons. The fourth-order valence-corrected chi connectivity index (χ4v) is 4.95. The van der Waals surface area contributed by atoms with Crippen LogP contribution in [-0.2, 0) is 24.3 Å². The summed E-state index contributed by atoms with van der Waals surface area (Å²) in [5.74, 6) is -0.157. The maximum absolute atomic E-state index is 13.2. The van der Waals surface area contributed by atoms with Gasteiger partial charge < -0.3 is 14.5 Å². The SMILES string of the molecule is CC(=O)N1c2ccc(-c3ccc(NS(C)(=O)=O)cc3)cc2N(C(=O)C2CCCO2)C[C@@H]1C. The molecule has 2 aliphatic rings. The van der Waals surface area contributed by atoms with Gasteiger partial charge >= 0.3 is 0 Å². The molecule has 2 atom stereocenters. The Balaban J connectivity index is 1.72. The van der Waals surface area contributed by atoms with E-state index in [1.54, 1.807) is 21.9 Å². The van der Waals surface area contributed by atoms with Crippen molar-refractivity contribution in [3.05, 3.63) is 42.5 Å². The van der Waals surface area contributed by atoms with E-state index >= 15 is 0 Å². The first-order chi connectivity index (χ1) is 15.1. The number of anilines is 3. The van der Waals surface area contributed by atoms with Crippen molar-refractivity contribution < 1.29 is 22.7 Å². The van der Waals surface area contributed by atoms with Crippen molar-refractivity contribution in [3.63, 3.8) is 0 Å². The van der Waals surface area contributed by atoms with Gasteiger partial charge in [0.15, 0.2) is 0 Å². The van der Waals surface area contributed by atoms with E-state index < -0.39 is 16.1 Å². The monoisotopic (exact) mass is 457 g/mol. The summed E-state index contributed by atoms with van der Waals surface area (Å²) in [5.41, 5.74) is 3.57. The van der Waals surface area contributed by atoms with E-state index in [1.807, 2.05) is 37.3 Å². The first-order valence-corrected chi connectivity index (χ1v) is 12.5. The van der Waals surface area contributed by atoms with Crippen LogP contribution in [0, 0.1) is 0 Å². The van der Waals surface area contributed by atoms with Gasteiger partial charge in [-0.05, 0) is 55.2 Å². The summed E-state index contributed by atoms with van der Waals surface area (Å²) in [6.07, 6.45) is 2.21. The minimum Gasteiger partial charge on any atom is -0.368 e. The molecule has 2 aromatic carbocycles. The molecule has 1 N–H and O–H groups in total. The Morgan fingerprint density at radius 2 is 1.75 bits per heavy atom. The van der Waals surface area contributed by atoms with E-state index in [4.69, 9.17) is 4.74 Å². The normalized spacial score (nSPS) is 20.7. The summed E-state index contributed by atoms with van der Waals surface area (Å²) >= 11 is 0. The third-order valence-corrected chi connectivity index (χ3v) is 6.35. The summed E-state index contributed by atoms with van der Waals surface area (Å²) in [6, 6.07) is 12.5. The molecule has 1 unspecified atom stereocenters. The molecule has 2 amide bonds. The van der Waals surface area contributed by atoms with Crippen LogP contribution in [0.4, 0.5) is 17.1 Å². The second-order valence-electron chi connectivity index (χ2n) is 8.34. The molecule has 2 aromatic rings. The van der Waals surface area contributed by atoms with Crippen LogP contribution in [0.5, 0.6) is 0 Å². The third-order valence-electron chi connectivity index (χ3n) is 5.75. The second-order valence-corrected chi connectivity index (χ2v) is 10.1. The second kappa shape index (κ2) is 8.55. The summed E-state index contributed by atoms with van der Waals surface area (Å²) in [6.45, 7) is 4.44. The van der Waals surface area contributed by atoms with Crippen LogP contribution in [-0.4, -0.2) is 51.8 Å². The average Bonchev–Trinajstić information content (AvgIpc) is 3.26. The van der Waals surface area contributed by atoms with Gasteiger partial charge in [-0.2, -0.15) is 0 Å². The fraction of sp³-hybridized carbons (Fsp3) is 0.391. The number of hydrogen-bond donors (Lipinski definition) is 1. The van der Waals surface area contributed by atoms with E-state index in [0.717, 1.165) is 23.8 Å². The van der Waals surface area contributed by atoms with E-state index in [0.29, 0.717) is 36.6 Å². The minimum absolute atomic E-state index is 0.0769. The summed E-state index contributed by atoms with van der Waals surface area (Å²) in [5, 5.41) is 0. The number of nitrogens with zero attached hydrogens (tertiary/aromatic N) is 2. The van der Waals surface area contributed by atoms with Gasteiger partial charge in [-0.3, -0.25) is 14.3 Å². The van der Waals surface area contributed by atoms with Crippen molar-refractivity contribution in [2.75, 3.05) is 33.9 Å². The Morgan fingerprint density at radius 1 is 1.06 bits per heavy atom. The van der Waals surface area contributed by atoms with Crippen molar-refractivity contribution >= 4 is 38.9 Å². The molecule has 0 aromatic heterocycles. The highest BCUT2D eigenvalue weighted by Crippen LogP contribution is 2.40. The highest BCUT2D eigenvalue weighted by atomic mass is 32.2. The lowest BCUT2D eigenvalue weighted by molar-refractivity contribution is -0.127. The molecule has 0 bridgehead atoms. The predicted octanol–water partition coefficient (Wildman–Crippen LogP) is 2.99. The zero-order chi connectivity index (χ0) is 23.0. The van der Waals surface area contributed by atoms with Crippen LogP contribution in [0.2, 0.25) is 0 Å². The van der Waals surface area contributed by atoms with Gasteiger partial charge in [0.2, 0.25) is 15.9 Å². The van der Waals surface area contributed by atoms with Crippen molar-refractivity contribution in [2.24, 2.45) is 0 Å². The molecule has 9 heteroatoms. The van der Waals surface area contributed by atoms with Crippen LogP contribution in [0.1, 0.15) is 26.7 Å². The van der Waals surface area contributed by atoms with Crippen molar-refractivity contribution in [1.82, 2.24) is 0 Å². The standard InChI is InChI=1S/C23H27N3O5S/c1-15-14-25(23(28)22-5-4-12-31-22)21-13-18(8-11-20(21)26(15)16(2)27)17-6-9-19(10-7-17)24-32(3,29)30/h6-11,13,15,22,24H,4-5,12,14H2,1-3H3/t15-,22?/m0/s1. The lowest BCUT2D eigenvalue weighted by atomic mass is 9.99. The van der Waals surface area contributed by atoms with Gasteiger partial charge in [-0.15, -0.1) is 0 Å². The Hall–Kier alpha value is -2.91. The van der Waals surface area contributed by atoms with Gasteiger partial charge in [0, 0.05) is 25.8 Å². The number of carbonyl (C=O) groups excluding carboxylic acids is 2. The van der Waals surface area contributed by atoms with Crippen LogP contribution >= 0.6 is 0 Å². The smallest absolute Gasteiger partial charge is 0.256 e. The number of benzene rings is 2. The van der Waals surface area contributed by atoms with Crippen molar-refractivity contribution in [3.8, 4) is 11.1 Å². The first-order valence-electron chi connectivity index (χ1n) is 10.6. The summed E-state index contributed by atoms with van der Waals surface area (Å²) < 4.78 is 31.0. The van der Waals surface area contributed by atoms with Gasteiger partial charge in [0.1, 0.15) is 6.10 Å². The zero-order valence-electron chi connectivity index (χ0n) is 18.4. The molecule has 8 nitrogen and oxygen atoms in total. The third kappa shape index (κ3) is 4.49. The average molecular weight is 458 g/mol. The van der Waals surface area contributed by atoms with Gasteiger partial charge in [-0.1, -0.05) is 18.2 Å². The highest BCUT2D eigenvalue weighted by molar-refractivity contribution is 7.92. The molecule has 170 valence electrons. The van der Waals surface area contributed by atoms with Gasteiger partial charge in [0.25, 0.3) is 5.91 Å². The Kier molecular flexibility index (Phi) is 5.96. The topological polar surface area (TPSA) is 96.0 Å². The Morgan fingerprint density at radius 3 is 2.34 bits per heavy atom. The molecule has 0 saturated carbocycles. The largest absolute Gasteiger partial charge is 0.368 e. The fourth-order valence-electron chi connectivity index (χ4n) is 4.38. The van der Waals surface area contributed by atoms with E-state index in [1.165, 1.54) is 6.92 Å². The molecule has 1 saturated heterocycles. The molecular formula is C23H27N3O5S. The quantitative estimate of drug-likeness (QED) is 0.762. The molecule has 1 fully saturated rings. The number of ether oxygens (including phenoxy) is 1. The summed E-state index contributed by atoms with van der Waals surface area (Å²) in [4.78, 5) is 29.1. The molecule has 0 spiro atoms. The number of fused-ring (bicyclic) bond motifs is 1. The van der Waals surface area contributed by atoms with E-state index in [9.17, 15) is 18.0 Å². The maximum atomic E-state index is 13.2. The minimum atomic E-state index is -3.35. The molecule has 4 rings (SSSR count). The van der Waals surface area contributed by atoms with Crippen molar-refractivity contribution in [2.45, 2.75) is 38.8 Å². The van der Waals surface area contributed by atoms with Crippen LogP contribution in [0.3, 0.4) is 0 Å². The predicted molar refractivity (Wildman–Crippen MR) is 124 cm³/mol. The summed E-state index contributed by atoms with van der Waals surface area (Å²) in [7, 11) is -3.35. The lowest BCUT2D eigenvalue weighted by Crippen LogP contribution is -2.53. The zero-order valence-corrected chi connectivity index (χ0v) is 19.2. The highest BCUT2D eigenvalue weighted by Gasteiger charge is 2.37. The van der Waals surface area contributed by atoms with Crippen LogP contribution in [0.15, 0.2) is 42.5 Å². The Labute approximate surface area is 188 Å². The number of amides is 2. The molecule has 0 aliphatic carbocycles. The number of hydrogen-bond acceptors (Lipinski definition) is 5. The maximum Gasteiger partial charge on any atom is 0.256 e. The lowest BCUT2D eigenvalue weighted by Gasteiger charge is -2.41. The van der Waals surface area contributed by atoms with Crippen molar-refractivity contribution in [1.29, 1.82) is 0 Å². The number of carbonyl (C=O) groups is 2. The number of nitrogens with one attached hydrogen (secondary N) is 1. The molecule has 2 aliphatic heterocycles. The van der Waals surface area contributed by atoms with Crippen LogP contribution < -0.4 is 14.5 Å². The molecule has 2 heterocycles. The number of sulfonamides is 1. The molecular weight excluding hydrogens is 430 g/mol. The van der Waals surface area contributed by atoms with Gasteiger partial charge in [-0.25, -0.2) is 8.42 Å². The van der Waals surface area contributed by atoms with Gasteiger partial charge in [0.05, 0.1) is 23.7 Å². The van der Waals surface area contributed by atoms with Crippen LogP contribution in [0.25, 0.3) is 11.1 Å². The van der Waals surface area contributed by atoms with E-state index in [-0.39, 0.29) is 17.9 Å².